The molecular weight excluding hydrogens is 228 g/mol. The van der Waals surface area contributed by atoms with Gasteiger partial charge in [0.1, 0.15) is 0 Å². The number of rotatable bonds is 6. The fraction of sp³-hybridized carbons (Fsp3) is 0.385. The maximum absolute atomic E-state index is 9.13. The Hall–Kier alpha value is -1.72. The smallest absolute Gasteiger partial charge is 0.0969 e. The molecule has 2 N–H and O–H groups in total. The molecule has 0 spiro atoms. The second kappa shape index (κ2) is 6.28. The third-order valence-corrected chi connectivity index (χ3v) is 2.57. The fourth-order valence-corrected chi connectivity index (χ4v) is 1.59. The third-order valence-electron chi connectivity index (χ3n) is 2.57. The van der Waals surface area contributed by atoms with Gasteiger partial charge in [0.25, 0.3) is 0 Å². The molecule has 1 unspecified atom stereocenters. The summed E-state index contributed by atoms with van der Waals surface area (Å²) in [5, 5.41) is 20.9. The minimum absolute atomic E-state index is 0.266. The summed E-state index contributed by atoms with van der Waals surface area (Å²) in [4.78, 5) is 1.62. The van der Waals surface area contributed by atoms with Crippen LogP contribution in [0, 0.1) is 0 Å². The molecule has 1 atom stereocenters. The highest BCUT2D eigenvalue weighted by atomic mass is 16.3. The number of aliphatic hydroxyl groups is 1. The van der Waals surface area contributed by atoms with Crippen LogP contribution in [0.3, 0.4) is 0 Å². The number of nitrogens with one attached hydrogen (secondary N) is 1. The predicted octanol–water partition coefficient (Wildman–Crippen LogP) is 1.13. The minimum atomic E-state index is -0.266. The van der Waals surface area contributed by atoms with Gasteiger partial charge in [0.15, 0.2) is 0 Å². The van der Waals surface area contributed by atoms with E-state index in [2.05, 4.69) is 15.5 Å². The molecule has 0 saturated carbocycles. The quantitative estimate of drug-likeness (QED) is 0.750. The fourth-order valence-electron chi connectivity index (χ4n) is 1.59. The molecule has 5 nitrogen and oxygen atoms in total. The number of hydrogen-bond acceptors (Lipinski definition) is 4. The molecule has 18 heavy (non-hydrogen) atoms. The van der Waals surface area contributed by atoms with Gasteiger partial charge in [-0.25, -0.2) is 0 Å². The molecular formula is C13H18N4O. The summed E-state index contributed by atoms with van der Waals surface area (Å²) in [5.74, 6) is 0. The summed E-state index contributed by atoms with van der Waals surface area (Å²) < 4.78 is 0. The number of benzene rings is 1. The summed E-state index contributed by atoms with van der Waals surface area (Å²) >= 11 is 0. The predicted molar refractivity (Wildman–Crippen MR) is 69.4 cm³/mol. The van der Waals surface area contributed by atoms with Crippen molar-refractivity contribution in [1.82, 2.24) is 20.3 Å². The zero-order valence-corrected chi connectivity index (χ0v) is 10.5. The van der Waals surface area contributed by atoms with Crippen LogP contribution in [0.25, 0.3) is 5.69 Å². The summed E-state index contributed by atoms with van der Waals surface area (Å²) in [5.41, 5.74) is 1.84. The first-order valence-corrected chi connectivity index (χ1v) is 6.11. The Morgan fingerprint density at radius 1 is 1.33 bits per heavy atom. The summed E-state index contributed by atoms with van der Waals surface area (Å²) in [6.45, 7) is 3.22. The normalized spacial score (nSPS) is 12.6. The number of hydrogen-bond donors (Lipinski definition) is 2. The minimum Gasteiger partial charge on any atom is -0.393 e. The average Bonchev–Trinajstić information content (AvgIpc) is 2.84. The molecule has 0 amide bonds. The van der Waals surface area contributed by atoms with Gasteiger partial charge in [-0.2, -0.15) is 15.0 Å². The molecule has 0 bridgehead atoms. The maximum atomic E-state index is 9.13. The Labute approximate surface area is 106 Å². The van der Waals surface area contributed by atoms with Crippen molar-refractivity contribution in [2.45, 2.75) is 26.0 Å². The molecule has 2 aromatic rings. The molecule has 96 valence electrons. The van der Waals surface area contributed by atoms with E-state index < -0.39 is 0 Å². The first-order chi connectivity index (χ1) is 8.75. The Morgan fingerprint density at radius 3 is 2.83 bits per heavy atom. The van der Waals surface area contributed by atoms with Crippen molar-refractivity contribution in [3.8, 4) is 5.69 Å². The lowest BCUT2D eigenvalue weighted by Gasteiger charge is -2.04. The molecule has 1 aromatic heterocycles. The summed E-state index contributed by atoms with van der Waals surface area (Å²) in [6.07, 6.45) is 2.23. The van der Waals surface area contributed by atoms with E-state index in [-0.39, 0.29) is 6.10 Å². The lowest BCUT2D eigenvalue weighted by molar-refractivity contribution is 0.183. The second-order valence-electron chi connectivity index (χ2n) is 4.28. The van der Waals surface area contributed by atoms with Crippen molar-refractivity contribution in [2.75, 3.05) is 6.54 Å². The first-order valence-electron chi connectivity index (χ1n) is 6.11. The van der Waals surface area contributed by atoms with Crippen LogP contribution in [-0.2, 0) is 6.54 Å². The van der Waals surface area contributed by atoms with Crippen LogP contribution in [0.15, 0.2) is 36.5 Å². The van der Waals surface area contributed by atoms with Crippen LogP contribution in [0.5, 0.6) is 0 Å². The van der Waals surface area contributed by atoms with Gasteiger partial charge in [-0.3, -0.25) is 0 Å². The Balaban J connectivity index is 1.87. The van der Waals surface area contributed by atoms with E-state index in [4.69, 9.17) is 5.11 Å². The van der Waals surface area contributed by atoms with Gasteiger partial charge in [0, 0.05) is 6.54 Å². The van der Waals surface area contributed by atoms with Crippen LogP contribution in [0.1, 0.15) is 19.0 Å². The molecule has 0 fully saturated rings. The van der Waals surface area contributed by atoms with Crippen molar-refractivity contribution in [2.24, 2.45) is 0 Å². The highest BCUT2D eigenvalue weighted by Gasteiger charge is 2.02. The second-order valence-corrected chi connectivity index (χ2v) is 4.28. The monoisotopic (exact) mass is 246 g/mol. The molecule has 1 heterocycles. The Bertz CT molecular complexity index is 467. The van der Waals surface area contributed by atoms with Crippen molar-refractivity contribution in [3.05, 3.63) is 42.2 Å². The van der Waals surface area contributed by atoms with E-state index in [1.54, 1.807) is 17.9 Å². The molecule has 5 heteroatoms. The number of aromatic nitrogens is 3. The summed E-state index contributed by atoms with van der Waals surface area (Å²) in [6, 6.07) is 9.80. The van der Waals surface area contributed by atoms with E-state index in [1.807, 2.05) is 30.3 Å². The van der Waals surface area contributed by atoms with Gasteiger partial charge in [-0.05, 0) is 32.0 Å². The number of para-hydroxylation sites is 1. The SMILES string of the molecule is CC(O)CCNCc1cnn(-c2ccccc2)n1. The van der Waals surface area contributed by atoms with Crippen molar-refractivity contribution in [1.29, 1.82) is 0 Å². The largest absolute Gasteiger partial charge is 0.393 e. The van der Waals surface area contributed by atoms with Gasteiger partial charge in [-0.1, -0.05) is 18.2 Å². The van der Waals surface area contributed by atoms with Gasteiger partial charge >= 0.3 is 0 Å². The van der Waals surface area contributed by atoms with E-state index in [9.17, 15) is 0 Å². The van der Waals surface area contributed by atoms with Crippen molar-refractivity contribution < 1.29 is 5.11 Å². The number of aliphatic hydroxyl groups excluding tert-OH is 1. The zero-order valence-electron chi connectivity index (χ0n) is 10.5. The van der Waals surface area contributed by atoms with Crippen LogP contribution >= 0.6 is 0 Å². The van der Waals surface area contributed by atoms with Gasteiger partial charge < -0.3 is 10.4 Å². The van der Waals surface area contributed by atoms with Crippen LogP contribution in [0.4, 0.5) is 0 Å². The van der Waals surface area contributed by atoms with Crippen molar-refractivity contribution in [3.63, 3.8) is 0 Å². The average molecular weight is 246 g/mol. The molecule has 0 radical (unpaired) electrons. The standard InChI is InChI=1S/C13H18N4O/c1-11(18)7-8-14-9-12-10-15-17(16-12)13-5-3-2-4-6-13/h2-6,10-11,14,18H,7-9H2,1H3. The highest BCUT2D eigenvalue weighted by molar-refractivity contribution is 5.28. The Morgan fingerprint density at radius 2 is 2.11 bits per heavy atom. The van der Waals surface area contributed by atoms with E-state index in [0.717, 1.165) is 24.3 Å². The molecule has 0 aliphatic heterocycles. The van der Waals surface area contributed by atoms with Crippen LogP contribution in [0.2, 0.25) is 0 Å². The van der Waals surface area contributed by atoms with Crippen molar-refractivity contribution >= 4 is 0 Å². The third kappa shape index (κ3) is 3.65. The zero-order chi connectivity index (χ0) is 12.8. The highest BCUT2D eigenvalue weighted by Crippen LogP contribution is 2.03. The molecule has 1 aromatic carbocycles. The molecule has 0 saturated heterocycles. The maximum Gasteiger partial charge on any atom is 0.0969 e. The molecule has 0 aliphatic rings. The van der Waals surface area contributed by atoms with Gasteiger partial charge in [-0.15, -0.1) is 0 Å². The van der Waals surface area contributed by atoms with E-state index >= 15 is 0 Å². The van der Waals surface area contributed by atoms with Gasteiger partial charge in [0.2, 0.25) is 0 Å². The molecule has 2 rings (SSSR count). The van der Waals surface area contributed by atoms with E-state index in [1.165, 1.54) is 0 Å². The number of nitrogens with zero attached hydrogens (tertiary/aromatic N) is 3. The van der Waals surface area contributed by atoms with Crippen LogP contribution in [-0.4, -0.2) is 32.7 Å². The first kappa shape index (κ1) is 12.7. The topological polar surface area (TPSA) is 63.0 Å². The lowest BCUT2D eigenvalue weighted by Crippen LogP contribution is -2.19. The van der Waals surface area contributed by atoms with Crippen LogP contribution < -0.4 is 5.32 Å². The van der Waals surface area contributed by atoms with Gasteiger partial charge in [0.05, 0.1) is 23.7 Å². The molecule has 0 aliphatic carbocycles. The summed E-state index contributed by atoms with van der Waals surface area (Å²) in [7, 11) is 0. The Kier molecular flexibility index (Phi) is 4.44. The lowest BCUT2D eigenvalue weighted by atomic mass is 10.3. The van der Waals surface area contributed by atoms with E-state index in [0.29, 0.717) is 6.54 Å².